The lowest BCUT2D eigenvalue weighted by Crippen LogP contribution is -2.37. The first-order valence-electron chi connectivity index (χ1n) is 10.8. The molecule has 0 fully saturated rings. The van der Waals surface area contributed by atoms with Gasteiger partial charge < -0.3 is 24.6 Å². The number of carboxylic acids is 1. The standard InChI is InChI=1S/C27H29NO6/c1-27(2,26(30)31)34-20-12-10-18(11-13-20)16-23(19-8-6-5-7-9-19)28-25(29)22-15-14-21(32-3)17-24(22)33-4/h5-15,17,23H,16H2,1-4H3,(H,28,29)(H,30,31). The van der Waals surface area contributed by atoms with E-state index in [0.29, 0.717) is 29.2 Å². The highest BCUT2D eigenvalue weighted by Crippen LogP contribution is 2.27. The Balaban J connectivity index is 1.81. The van der Waals surface area contributed by atoms with Crippen molar-refractivity contribution in [3.05, 3.63) is 89.5 Å². The van der Waals surface area contributed by atoms with Gasteiger partial charge in [-0.05, 0) is 55.7 Å². The molecule has 0 aliphatic rings. The molecule has 3 aromatic rings. The summed E-state index contributed by atoms with van der Waals surface area (Å²) in [5.74, 6) is 0.168. The van der Waals surface area contributed by atoms with Gasteiger partial charge in [-0.1, -0.05) is 42.5 Å². The van der Waals surface area contributed by atoms with E-state index in [1.165, 1.54) is 21.0 Å². The predicted molar refractivity (Wildman–Crippen MR) is 129 cm³/mol. The molecular formula is C27H29NO6. The Bertz CT molecular complexity index is 1130. The molecule has 0 spiro atoms. The fourth-order valence-electron chi connectivity index (χ4n) is 3.43. The minimum absolute atomic E-state index is 0.267. The molecule has 1 atom stereocenters. The number of amides is 1. The molecule has 0 saturated carbocycles. The van der Waals surface area contributed by atoms with Gasteiger partial charge in [0.1, 0.15) is 17.2 Å². The van der Waals surface area contributed by atoms with Crippen molar-refractivity contribution >= 4 is 11.9 Å². The number of hydrogen-bond donors (Lipinski definition) is 2. The molecule has 0 aliphatic heterocycles. The van der Waals surface area contributed by atoms with Crippen molar-refractivity contribution in [1.82, 2.24) is 5.32 Å². The summed E-state index contributed by atoms with van der Waals surface area (Å²) in [7, 11) is 3.06. The smallest absolute Gasteiger partial charge is 0.347 e. The third kappa shape index (κ3) is 6.07. The summed E-state index contributed by atoms with van der Waals surface area (Å²) in [5.41, 5.74) is 0.982. The van der Waals surface area contributed by atoms with Gasteiger partial charge in [0.2, 0.25) is 0 Å². The van der Waals surface area contributed by atoms with E-state index in [1.807, 2.05) is 42.5 Å². The van der Waals surface area contributed by atoms with Crippen LogP contribution >= 0.6 is 0 Å². The Morgan fingerprint density at radius 1 is 0.912 bits per heavy atom. The van der Waals surface area contributed by atoms with Gasteiger partial charge >= 0.3 is 5.97 Å². The molecule has 0 bridgehead atoms. The average molecular weight is 464 g/mol. The number of methoxy groups -OCH3 is 2. The van der Waals surface area contributed by atoms with E-state index in [9.17, 15) is 14.7 Å². The van der Waals surface area contributed by atoms with Crippen molar-refractivity contribution in [2.45, 2.75) is 31.9 Å². The van der Waals surface area contributed by atoms with Crippen LogP contribution in [0.1, 0.15) is 41.4 Å². The van der Waals surface area contributed by atoms with E-state index < -0.39 is 11.6 Å². The molecule has 0 radical (unpaired) electrons. The lowest BCUT2D eigenvalue weighted by molar-refractivity contribution is -0.152. The van der Waals surface area contributed by atoms with Gasteiger partial charge in [-0.15, -0.1) is 0 Å². The maximum absolute atomic E-state index is 13.2. The Kier molecular flexibility index (Phi) is 7.79. The zero-order chi connectivity index (χ0) is 24.7. The van der Waals surface area contributed by atoms with Gasteiger partial charge in [0.15, 0.2) is 5.60 Å². The van der Waals surface area contributed by atoms with Crippen LogP contribution in [0.2, 0.25) is 0 Å². The lowest BCUT2D eigenvalue weighted by Gasteiger charge is -2.22. The molecule has 0 aromatic heterocycles. The van der Waals surface area contributed by atoms with E-state index in [-0.39, 0.29) is 11.9 Å². The molecule has 7 heteroatoms. The molecule has 7 nitrogen and oxygen atoms in total. The summed E-state index contributed by atoms with van der Waals surface area (Å²) in [6.45, 7) is 3.00. The molecule has 3 aromatic carbocycles. The normalized spacial score (nSPS) is 11.9. The second kappa shape index (κ2) is 10.7. The fraction of sp³-hybridized carbons (Fsp3) is 0.259. The van der Waals surface area contributed by atoms with Crippen LogP contribution in [0, 0.1) is 0 Å². The highest BCUT2D eigenvalue weighted by Gasteiger charge is 2.29. The number of rotatable bonds is 10. The van der Waals surface area contributed by atoms with Crippen LogP contribution < -0.4 is 19.5 Å². The second-order valence-electron chi connectivity index (χ2n) is 8.27. The van der Waals surface area contributed by atoms with Crippen LogP contribution in [-0.4, -0.2) is 36.8 Å². The molecule has 0 heterocycles. The summed E-state index contributed by atoms with van der Waals surface area (Å²) in [4.78, 5) is 24.5. The first-order chi connectivity index (χ1) is 16.2. The maximum atomic E-state index is 13.2. The maximum Gasteiger partial charge on any atom is 0.347 e. The largest absolute Gasteiger partial charge is 0.497 e. The van der Waals surface area contributed by atoms with Crippen LogP contribution in [-0.2, 0) is 11.2 Å². The van der Waals surface area contributed by atoms with Gasteiger partial charge in [0.25, 0.3) is 5.91 Å². The summed E-state index contributed by atoms with van der Waals surface area (Å²) >= 11 is 0. The van der Waals surface area contributed by atoms with E-state index in [4.69, 9.17) is 14.2 Å². The molecule has 1 unspecified atom stereocenters. The van der Waals surface area contributed by atoms with Crippen molar-refractivity contribution < 1.29 is 28.9 Å². The Morgan fingerprint density at radius 2 is 1.56 bits per heavy atom. The van der Waals surface area contributed by atoms with Crippen LogP contribution in [0.5, 0.6) is 17.2 Å². The van der Waals surface area contributed by atoms with Crippen molar-refractivity contribution in [2.24, 2.45) is 0 Å². The van der Waals surface area contributed by atoms with Crippen LogP contribution in [0.4, 0.5) is 0 Å². The molecule has 1 amide bonds. The van der Waals surface area contributed by atoms with E-state index in [1.54, 1.807) is 37.4 Å². The summed E-state index contributed by atoms with van der Waals surface area (Å²) < 4.78 is 16.2. The van der Waals surface area contributed by atoms with Crippen molar-refractivity contribution in [3.8, 4) is 17.2 Å². The molecule has 2 N–H and O–H groups in total. The van der Waals surface area contributed by atoms with E-state index in [2.05, 4.69) is 5.32 Å². The number of hydrogen-bond acceptors (Lipinski definition) is 5. The third-order valence-electron chi connectivity index (χ3n) is 5.41. The lowest BCUT2D eigenvalue weighted by atomic mass is 9.98. The van der Waals surface area contributed by atoms with Crippen molar-refractivity contribution in [3.63, 3.8) is 0 Å². The predicted octanol–water partition coefficient (Wildman–Crippen LogP) is 4.66. The molecule has 178 valence electrons. The summed E-state index contributed by atoms with van der Waals surface area (Å²) in [5, 5.41) is 12.4. The molecule has 0 saturated heterocycles. The number of carboxylic acid groups (broad SMARTS) is 1. The van der Waals surface area contributed by atoms with Gasteiger partial charge in [-0.25, -0.2) is 4.79 Å². The summed E-state index contributed by atoms with van der Waals surface area (Å²) in [6.07, 6.45) is 0.525. The van der Waals surface area contributed by atoms with Gasteiger partial charge in [0, 0.05) is 6.07 Å². The van der Waals surface area contributed by atoms with Crippen molar-refractivity contribution in [2.75, 3.05) is 14.2 Å². The van der Waals surface area contributed by atoms with Crippen LogP contribution in [0.25, 0.3) is 0 Å². The number of carbonyl (C=O) groups is 2. The Labute approximate surface area is 199 Å². The molecular weight excluding hydrogens is 434 g/mol. The molecule has 3 rings (SSSR count). The zero-order valence-corrected chi connectivity index (χ0v) is 19.7. The highest BCUT2D eigenvalue weighted by molar-refractivity contribution is 5.97. The third-order valence-corrected chi connectivity index (χ3v) is 5.41. The second-order valence-corrected chi connectivity index (χ2v) is 8.27. The quantitative estimate of drug-likeness (QED) is 0.454. The number of ether oxygens (including phenoxy) is 3. The first-order valence-corrected chi connectivity index (χ1v) is 10.8. The number of nitrogens with one attached hydrogen (secondary N) is 1. The molecule has 34 heavy (non-hydrogen) atoms. The minimum Gasteiger partial charge on any atom is -0.497 e. The van der Waals surface area contributed by atoms with Gasteiger partial charge in [0.05, 0.1) is 25.8 Å². The number of benzene rings is 3. The van der Waals surface area contributed by atoms with Crippen molar-refractivity contribution in [1.29, 1.82) is 0 Å². The van der Waals surface area contributed by atoms with Gasteiger partial charge in [-0.2, -0.15) is 0 Å². The van der Waals surface area contributed by atoms with E-state index in [0.717, 1.165) is 11.1 Å². The number of aliphatic carboxylic acids is 1. The average Bonchev–Trinajstić information content (AvgIpc) is 2.84. The Morgan fingerprint density at radius 3 is 2.15 bits per heavy atom. The van der Waals surface area contributed by atoms with E-state index >= 15 is 0 Å². The van der Waals surface area contributed by atoms with Gasteiger partial charge in [-0.3, -0.25) is 4.79 Å². The SMILES string of the molecule is COc1ccc(C(=O)NC(Cc2ccc(OC(C)(C)C(=O)O)cc2)c2ccccc2)c(OC)c1. The first kappa shape index (κ1) is 24.6. The zero-order valence-electron chi connectivity index (χ0n) is 19.7. The number of carbonyl (C=O) groups excluding carboxylic acids is 1. The van der Waals surface area contributed by atoms with Crippen LogP contribution in [0.15, 0.2) is 72.8 Å². The summed E-state index contributed by atoms with van der Waals surface area (Å²) in [6, 6.07) is 21.6. The topological polar surface area (TPSA) is 94.1 Å². The minimum atomic E-state index is -1.33. The Hall–Kier alpha value is -4.00. The highest BCUT2D eigenvalue weighted by atomic mass is 16.5. The van der Waals surface area contributed by atoms with Crippen LogP contribution in [0.3, 0.4) is 0 Å². The monoisotopic (exact) mass is 463 g/mol. The fourth-order valence-corrected chi connectivity index (χ4v) is 3.43. The molecule has 0 aliphatic carbocycles.